The van der Waals surface area contributed by atoms with E-state index in [4.69, 9.17) is 9.47 Å². The van der Waals surface area contributed by atoms with Gasteiger partial charge in [-0.3, -0.25) is 5.10 Å². The number of ether oxygens (including phenoxy) is 2. The number of aromatic amines is 1. The highest BCUT2D eigenvalue weighted by atomic mass is 79.9. The van der Waals surface area contributed by atoms with Gasteiger partial charge in [-0.2, -0.15) is 0 Å². The molecule has 0 aliphatic carbocycles. The molecule has 0 atom stereocenters. The predicted octanol–water partition coefficient (Wildman–Crippen LogP) is 4.53. The summed E-state index contributed by atoms with van der Waals surface area (Å²) >= 11 is 4.92. The molecule has 0 saturated carbocycles. The maximum Gasteiger partial charge on any atom is 0.209 e. The molecule has 0 bridgehead atoms. The zero-order chi connectivity index (χ0) is 17.2. The summed E-state index contributed by atoms with van der Waals surface area (Å²) in [6, 6.07) is 10.7. The minimum Gasteiger partial charge on any atom is -0.467 e. The molecule has 3 aromatic rings. The first-order valence-corrected chi connectivity index (χ1v) is 9.30. The summed E-state index contributed by atoms with van der Waals surface area (Å²) in [5, 5.41) is 7.76. The van der Waals surface area contributed by atoms with E-state index in [1.165, 1.54) is 23.9 Å². The van der Waals surface area contributed by atoms with Crippen LogP contribution in [0.25, 0.3) is 11.4 Å². The molecule has 1 aliphatic rings. The quantitative estimate of drug-likeness (QED) is 0.626. The standard InChI is InChI=1S/C17H13BrFN3O2S/c18-14-4-2-1-3-13(14)16-20-17(22-21-16)25-8-11-6-12(19)5-10-7-23-9-24-15(10)11/h1-6H,7-9H2,(H,20,21,22). The molecule has 8 heteroatoms. The van der Waals surface area contributed by atoms with Gasteiger partial charge in [-0.1, -0.05) is 45.9 Å². The van der Waals surface area contributed by atoms with Gasteiger partial charge in [0.2, 0.25) is 5.16 Å². The van der Waals surface area contributed by atoms with Crippen molar-refractivity contribution in [2.24, 2.45) is 0 Å². The lowest BCUT2D eigenvalue weighted by atomic mass is 10.1. The zero-order valence-corrected chi connectivity index (χ0v) is 15.4. The number of hydrogen-bond donors (Lipinski definition) is 1. The summed E-state index contributed by atoms with van der Waals surface area (Å²) in [6.45, 7) is 0.542. The van der Waals surface area contributed by atoms with Gasteiger partial charge in [0, 0.05) is 26.9 Å². The van der Waals surface area contributed by atoms with Gasteiger partial charge in [0.1, 0.15) is 11.6 Å². The minimum absolute atomic E-state index is 0.184. The second-order valence-electron chi connectivity index (χ2n) is 5.40. The third kappa shape index (κ3) is 3.56. The molecule has 25 heavy (non-hydrogen) atoms. The number of nitrogens with zero attached hydrogens (tertiary/aromatic N) is 2. The molecule has 0 unspecified atom stereocenters. The molecule has 0 fully saturated rings. The summed E-state index contributed by atoms with van der Waals surface area (Å²) in [7, 11) is 0. The first-order valence-electron chi connectivity index (χ1n) is 7.52. The molecule has 0 saturated heterocycles. The molecule has 2 aromatic carbocycles. The molecule has 0 radical (unpaired) electrons. The minimum atomic E-state index is -0.299. The van der Waals surface area contributed by atoms with Gasteiger partial charge >= 0.3 is 0 Å². The van der Waals surface area contributed by atoms with Crippen LogP contribution in [0, 0.1) is 5.82 Å². The van der Waals surface area contributed by atoms with Crippen molar-refractivity contribution in [1.29, 1.82) is 0 Å². The molecule has 1 aromatic heterocycles. The van der Waals surface area contributed by atoms with Gasteiger partial charge in [0.15, 0.2) is 12.6 Å². The predicted molar refractivity (Wildman–Crippen MR) is 95.8 cm³/mol. The van der Waals surface area contributed by atoms with Crippen LogP contribution in [0.4, 0.5) is 4.39 Å². The van der Waals surface area contributed by atoms with Crippen molar-refractivity contribution in [3.8, 4) is 17.1 Å². The highest BCUT2D eigenvalue weighted by Crippen LogP contribution is 2.34. The number of hydrogen-bond acceptors (Lipinski definition) is 5. The Kier molecular flexibility index (Phi) is 4.74. The largest absolute Gasteiger partial charge is 0.467 e. The van der Waals surface area contributed by atoms with Gasteiger partial charge in [0.25, 0.3) is 0 Å². The summed E-state index contributed by atoms with van der Waals surface area (Å²) in [5.41, 5.74) is 2.44. The second-order valence-corrected chi connectivity index (χ2v) is 7.20. The Hall–Kier alpha value is -1.90. The number of thioether (sulfide) groups is 1. The number of fused-ring (bicyclic) bond motifs is 1. The van der Waals surface area contributed by atoms with Crippen molar-refractivity contribution in [3.05, 3.63) is 57.8 Å². The molecule has 2 heterocycles. The Bertz CT molecular complexity index is 919. The van der Waals surface area contributed by atoms with Crippen molar-refractivity contribution in [2.75, 3.05) is 6.79 Å². The van der Waals surface area contributed by atoms with E-state index in [9.17, 15) is 4.39 Å². The van der Waals surface area contributed by atoms with Crippen molar-refractivity contribution in [3.63, 3.8) is 0 Å². The third-order valence-electron chi connectivity index (χ3n) is 3.70. The van der Waals surface area contributed by atoms with E-state index in [2.05, 4.69) is 31.1 Å². The summed E-state index contributed by atoms with van der Waals surface area (Å²) < 4.78 is 25.5. The van der Waals surface area contributed by atoms with Crippen molar-refractivity contribution < 1.29 is 13.9 Å². The van der Waals surface area contributed by atoms with E-state index >= 15 is 0 Å². The lowest BCUT2D eigenvalue weighted by molar-refractivity contribution is -0.0171. The van der Waals surface area contributed by atoms with E-state index in [1.807, 2.05) is 24.3 Å². The molecule has 1 aliphatic heterocycles. The molecule has 5 nitrogen and oxygen atoms in total. The van der Waals surface area contributed by atoms with Gasteiger partial charge < -0.3 is 9.47 Å². The number of benzene rings is 2. The van der Waals surface area contributed by atoms with E-state index < -0.39 is 0 Å². The van der Waals surface area contributed by atoms with Crippen molar-refractivity contribution >= 4 is 27.7 Å². The fourth-order valence-electron chi connectivity index (χ4n) is 2.59. The topological polar surface area (TPSA) is 60.0 Å². The van der Waals surface area contributed by atoms with Crippen LogP contribution in [0.2, 0.25) is 0 Å². The van der Waals surface area contributed by atoms with Crippen LogP contribution in [-0.2, 0) is 17.1 Å². The Morgan fingerprint density at radius 2 is 2.16 bits per heavy atom. The summed E-state index contributed by atoms with van der Waals surface area (Å²) in [4.78, 5) is 4.50. The Labute approximate surface area is 156 Å². The van der Waals surface area contributed by atoms with Crippen LogP contribution in [0.1, 0.15) is 11.1 Å². The molecule has 0 amide bonds. The first kappa shape index (κ1) is 16.6. The Morgan fingerprint density at radius 3 is 3.04 bits per heavy atom. The molecule has 0 spiro atoms. The van der Waals surface area contributed by atoms with Crippen LogP contribution in [0.5, 0.6) is 5.75 Å². The Balaban J connectivity index is 1.53. The van der Waals surface area contributed by atoms with Gasteiger partial charge in [-0.05, 0) is 18.2 Å². The van der Waals surface area contributed by atoms with Crippen LogP contribution in [0.15, 0.2) is 46.0 Å². The summed E-state index contributed by atoms with van der Waals surface area (Å²) in [5.74, 6) is 1.59. The van der Waals surface area contributed by atoms with Crippen LogP contribution in [-0.4, -0.2) is 22.0 Å². The zero-order valence-electron chi connectivity index (χ0n) is 13.0. The summed E-state index contributed by atoms with van der Waals surface area (Å²) in [6.07, 6.45) is 0. The molecule has 1 N–H and O–H groups in total. The number of aromatic nitrogens is 3. The SMILES string of the molecule is Fc1cc2c(c(CSc3n[nH]c(-c4ccccc4Br)n3)c1)OCOC2. The molecular weight excluding hydrogens is 409 g/mol. The van der Waals surface area contributed by atoms with Gasteiger partial charge in [0.05, 0.1) is 6.61 Å². The monoisotopic (exact) mass is 421 g/mol. The maximum atomic E-state index is 13.8. The van der Waals surface area contributed by atoms with Crippen LogP contribution < -0.4 is 4.74 Å². The third-order valence-corrected chi connectivity index (χ3v) is 5.29. The van der Waals surface area contributed by atoms with E-state index in [1.54, 1.807) is 0 Å². The highest BCUT2D eigenvalue weighted by Gasteiger charge is 2.18. The normalized spacial score (nSPS) is 13.4. The van der Waals surface area contributed by atoms with E-state index in [0.29, 0.717) is 29.1 Å². The molecule has 128 valence electrons. The van der Waals surface area contributed by atoms with Gasteiger partial charge in [-0.15, -0.1) is 5.10 Å². The second kappa shape index (κ2) is 7.15. The molecular formula is C17H13BrFN3O2S. The Morgan fingerprint density at radius 1 is 1.28 bits per heavy atom. The number of H-pyrrole nitrogens is 1. The smallest absolute Gasteiger partial charge is 0.209 e. The number of rotatable bonds is 4. The van der Waals surface area contributed by atoms with Crippen LogP contribution >= 0.6 is 27.7 Å². The number of nitrogens with one attached hydrogen (secondary N) is 1. The number of halogens is 2. The van der Waals surface area contributed by atoms with Gasteiger partial charge in [-0.25, -0.2) is 9.37 Å². The van der Waals surface area contributed by atoms with E-state index in [-0.39, 0.29) is 12.6 Å². The first-order chi connectivity index (χ1) is 12.2. The fourth-order valence-corrected chi connectivity index (χ4v) is 3.83. The van der Waals surface area contributed by atoms with E-state index in [0.717, 1.165) is 21.2 Å². The molecule has 4 rings (SSSR count). The lowest BCUT2D eigenvalue weighted by Gasteiger charge is -2.20. The maximum absolute atomic E-state index is 13.8. The van der Waals surface area contributed by atoms with Crippen molar-refractivity contribution in [2.45, 2.75) is 17.5 Å². The highest BCUT2D eigenvalue weighted by molar-refractivity contribution is 9.10. The average Bonchev–Trinajstić information content (AvgIpc) is 3.08. The fraction of sp³-hybridized carbons (Fsp3) is 0.176. The average molecular weight is 422 g/mol. The van der Waals surface area contributed by atoms with Crippen molar-refractivity contribution in [1.82, 2.24) is 15.2 Å². The van der Waals surface area contributed by atoms with Crippen LogP contribution in [0.3, 0.4) is 0 Å². The lowest BCUT2D eigenvalue weighted by Crippen LogP contribution is -2.13.